The summed E-state index contributed by atoms with van der Waals surface area (Å²) in [6, 6.07) is 11.2. The molecule has 0 spiro atoms. The maximum atomic E-state index is 4.58. The third-order valence-electron chi connectivity index (χ3n) is 4.35. The minimum absolute atomic E-state index is 0.146. The number of hydrogen-bond donors (Lipinski definition) is 1. The van der Waals surface area contributed by atoms with Crippen molar-refractivity contribution in [3.8, 4) is 0 Å². The SMILES string of the molecule is CCNC(c1ccc(C2CCC2)cc1)c1ccnc(C)n1. The van der Waals surface area contributed by atoms with E-state index in [9.17, 15) is 0 Å². The van der Waals surface area contributed by atoms with Gasteiger partial charge in [0.2, 0.25) is 0 Å². The molecule has 1 N–H and O–H groups in total. The molecule has 1 unspecified atom stereocenters. The highest BCUT2D eigenvalue weighted by Gasteiger charge is 2.20. The summed E-state index contributed by atoms with van der Waals surface area (Å²) in [6.45, 7) is 4.98. The summed E-state index contributed by atoms with van der Waals surface area (Å²) in [5.41, 5.74) is 3.80. The first-order chi connectivity index (χ1) is 10.3. The molecule has 1 aliphatic rings. The molecule has 1 aromatic heterocycles. The second-order valence-corrected chi connectivity index (χ2v) is 5.81. The smallest absolute Gasteiger partial charge is 0.125 e. The summed E-state index contributed by atoms with van der Waals surface area (Å²) < 4.78 is 0. The Labute approximate surface area is 126 Å². The molecule has 0 amide bonds. The zero-order valence-corrected chi connectivity index (χ0v) is 12.8. The summed E-state index contributed by atoms with van der Waals surface area (Å²) in [6.07, 6.45) is 5.92. The Kier molecular flexibility index (Phi) is 4.30. The number of benzene rings is 1. The van der Waals surface area contributed by atoms with Gasteiger partial charge in [-0.25, -0.2) is 9.97 Å². The molecule has 1 aromatic carbocycles. The first-order valence-electron chi connectivity index (χ1n) is 7.90. The predicted octanol–water partition coefficient (Wildman–Crippen LogP) is 3.75. The fourth-order valence-corrected chi connectivity index (χ4v) is 2.93. The van der Waals surface area contributed by atoms with Crippen LogP contribution in [-0.4, -0.2) is 16.5 Å². The van der Waals surface area contributed by atoms with E-state index in [0.29, 0.717) is 0 Å². The van der Waals surface area contributed by atoms with Crippen LogP contribution in [0.15, 0.2) is 36.5 Å². The van der Waals surface area contributed by atoms with Crippen LogP contribution < -0.4 is 5.32 Å². The average molecular weight is 281 g/mol. The molecule has 0 radical (unpaired) electrons. The van der Waals surface area contributed by atoms with Crippen LogP contribution in [0.25, 0.3) is 0 Å². The number of nitrogens with zero attached hydrogens (tertiary/aromatic N) is 2. The van der Waals surface area contributed by atoms with Gasteiger partial charge in [-0.15, -0.1) is 0 Å². The van der Waals surface area contributed by atoms with Crippen molar-refractivity contribution in [3.05, 3.63) is 59.2 Å². The van der Waals surface area contributed by atoms with Crippen LogP contribution in [0.5, 0.6) is 0 Å². The number of nitrogens with one attached hydrogen (secondary N) is 1. The van der Waals surface area contributed by atoms with E-state index in [1.807, 2.05) is 19.2 Å². The summed E-state index contributed by atoms with van der Waals surface area (Å²) in [5, 5.41) is 3.53. The third-order valence-corrected chi connectivity index (χ3v) is 4.35. The topological polar surface area (TPSA) is 37.8 Å². The van der Waals surface area contributed by atoms with Gasteiger partial charge in [0.1, 0.15) is 5.82 Å². The quantitative estimate of drug-likeness (QED) is 0.907. The van der Waals surface area contributed by atoms with E-state index in [-0.39, 0.29) is 6.04 Å². The number of aromatic nitrogens is 2. The van der Waals surface area contributed by atoms with Gasteiger partial charge in [-0.2, -0.15) is 0 Å². The van der Waals surface area contributed by atoms with Gasteiger partial charge in [0.25, 0.3) is 0 Å². The third kappa shape index (κ3) is 3.13. The Morgan fingerprint density at radius 1 is 1.19 bits per heavy atom. The van der Waals surface area contributed by atoms with Crippen LogP contribution in [0.4, 0.5) is 0 Å². The zero-order chi connectivity index (χ0) is 14.7. The van der Waals surface area contributed by atoms with Gasteiger partial charge < -0.3 is 5.32 Å². The maximum absolute atomic E-state index is 4.58. The molecule has 0 saturated heterocycles. The second-order valence-electron chi connectivity index (χ2n) is 5.81. The van der Waals surface area contributed by atoms with Gasteiger partial charge in [0, 0.05) is 6.20 Å². The normalized spacial score (nSPS) is 16.5. The highest BCUT2D eigenvalue weighted by Crippen LogP contribution is 2.36. The molecule has 1 fully saturated rings. The molecule has 0 bridgehead atoms. The second kappa shape index (κ2) is 6.35. The van der Waals surface area contributed by atoms with Crippen LogP contribution in [0.2, 0.25) is 0 Å². The highest BCUT2D eigenvalue weighted by atomic mass is 15.0. The Balaban J connectivity index is 1.86. The fourth-order valence-electron chi connectivity index (χ4n) is 2.93. The lowest BCUT2D eigenvalue weighted by atomic mass is 9.80. The van der Waals surface area contributed by atoms with Crippen molar-refractivity contribution in [2.24, 2.45) is 0 Å². The monoisotopic (exact) mass is 281 g/mol. The van der Waals surface area contributed by atoms with Crippen molar-refractivity contribution < 1.29 is 0 Å². The molecule has 110 valence electrons. The van der Waals surface area contributed by atoms with Crippen molar-refractivity contribution in [1.29, 1.82) is 0 Å². The summed E-state index contributed by atoms with van der Waals surface area (Å²) in [4.78, 5) is 8.77. The Morgan fingerprint density at radius 2 is 1.95 bits per heavy atom. The maximum Gasteiger partial charge on any atom is 0.125 e. The van der Waals surface area contributed by atoms with Gasteiger partial charge >= 0.3 is 0 Å². The van der Waals surface area contributed by atoms with Gasteiger partial charge in [-0.3, -0.25) is 0 Å². The molecule has 0 aliphatic heterocycles. The van der Waals surface area contributed by atoms with E-state index in [1.54, 1.807) is 0 Å². The van der Waals surface area contributed by atoms with Crippen molar-refractivity contribution >= 4 is 0 Å². The van der Waals surface area contributed by atoms with Gasteiger partial charge in [0.15, 0.2) is 0 Å². The standard InChI is InChI=1S/C18H23N3/c1-3-19-18(17-11-12-20-13(2)21-17)16-9-7-15(8-10-16)14-5-4-6-14/h7-12,14,18-19H,3-6H2,1-2H3. The largest absolute Gasteiger partial charge is 0.305 e. The van der Waals surface area contributed by atoms with Crippen LogP contribution in [0.1, 0.15) is 60.8 Å². The van der Waals surface area contributed by atoms with Gasteiger partial charge in [-0.05, 0) is 49.4 Å². The van der Waals surface area contributed by atoms with Crippen LogP contribution in [-0.2, 0) is 0 Å². The molecule has 1 atom stereocenters. The van der Waals surface area contributed by atoms with Crippen molar-refractivity contribution in [2.45, 2.75) is 45.1 Å². The number of rotatable bonds is 5. The molecule has 1 heterocycles. The molecular formula is C18H23N3. The van der Waals surface area contributed by atoms with Crippen molar-refractivity contribution in [3.63, 3.8) is 0 Å². The lowest BCUT2D eigenvalue weighted by Gasteiger charge is -2.26. The van der Waals surface area contributed by atoms with Crippen LogP contribution in [0.3, 0.4) is 0 Å². The first-order valence-corrected chi connectivity index (χ1v) is 7.90. The highest BCUT2D eigenvalue weighted by molar-refractivity contribution is 5.32. The summed E-state index contributed by atoms with van der Waals surface area (Å²) >= 11 is 0. The lowest BCUT2D eigenvalue weighted by molar-refractivity contribution is 0.419. The van der Waals surface area contributed by atoms with E-state index >= 15 is 0 Å². The fraction of sp³-hybridized carbons (Fsp3) is 0.444. The van der Waals surface area contributed by atoms with Crippen LogP contribution >= 0.6 is 0 Å². The van der Waals surface area contributed by atoms with Gasteiger partial charge in [-0.1, -0.05) is 37.6 Å². The first kappa shape index (κ1) is 14.2. The van der Waals surface area contributed by atoms with E-state index in [2.05, 4.69) is 46.5 Å². The molecule has 3 rings (SSSR count). The van der Waals surface area contributed by atoms with E-state index in [1.165, 1.54) is 30.4 Å². The Hall–Kier alpha value is -1.74. The van der Waals surface area contributed by atoms with Crippen molar-refractivity contribution in [1.82, 2.24) is 15.3 Å². The summed E-state index contributed by atoms with van der Waals surface area (Å²) in [5.74, 6) is 1.61. The number of hydrogen-bond acceptors (Lipinski definition) is 3. The van der Waals surface area contributed by atoms with Gasteiger partial charge in [0.05, 0.1) is 11.7 Å². The molecule has 1 saturated carbocycles. The Bertz CT molecular complexity index is 588. The molecule has 3 heteroatoms. The van der Waals surface area contributed by atoms with Crippen LogP contribution in [0, 0.1) is 6.92 Å². The van der Waals surface area contributed by atoms with E-state index in [4.69, 9.17) is 0 Å². The average Bonchev–Trinajstić information content (AvgIpc) is 2.44. The predicted molar refractivity (Wildman–Crippen MR) is 85.3 cm³/mol. The summed E-state index contributed by atoms with van der Waals surface area (Å²) in [7, 11) is 0. The zero-order valence-electron chi connectivity index (χ0n) is 12.8. The lowest BCUT2D eigenvalue weighted by Crippen LogP contribution is -2.23. The molecule has 21 heavy (non-hydrogen) atoms. The molecule has 2 aromatic rings. The minimum atomic E-state index is 0.146. The van der Waals surface area contributed by atoms with E-state index < -0.39 is 0 Å². The minimum Gasteiger partial charge on any atom is -0.305 e. The molecular weight excluding hydrogens is 258 g/mol. The van der Waals surface area contributed by atoms with E-state index in [0.717, 1.165) is 24.0 Å². The van der Waals surface area contributed by atoms with Crippen molar-refractivity contribution in [2.75, 3.05) is 6.54 Å². The molecule has 1 aliphatic carbocycles. The Morgan fingerprint density at radius 3 is 2.52 bits per heavy atom. The number of aryl methyl sites for hydroxylation is 1. The molecule has 3 nitrogen and oxygen atoms in total.